The average molecular weight is 767 g/mol. The number of anilines is 3. The minimum atomic E-state index is -0.185. The van der Waals surface area contributed by atoms with Crippen LogP contribution in [0.3, 0.4) is 0 Å². The molecule has 0 saturated heterocycles. The smallest absolute Gasteiger partial charge is 0.0991 e. The lowest BCUT2D eigenvalue weighted by Gasteiger charge is -2.26. The molecule has 2 aromatic heterocycles. The summed E-state index contributed by atoms with van der Waals surface area (Å²) in [5.74, 6) is 0. The molecule has 0 bridgehead atoms. The standard InChI is InChI=1S/C56H38N4/c1-56(2)51-32-45(38-12-14-40(15-13-38)50-9-3-6-41-7-5-29-59-55(41)50)30-42-16-17-43-31-46(33-52(56)54(43)53(42)51)39-20-26-49(27-21-39)60(47-22-10-36(34-57)11-23-47)48-24-18-37(19-25-48)44-8-4-28-58-35-44/h3-33,35H,1-2H3. The topological polar surface area (TPSA) is 52.8 Å². The molecule has 4 nitrogen and oxygen atoms in total. The Morgan fingerprint density at radius 3 is 1.55 bits per heavy atom. The fourth-order valence-electron chi connectivity index (χ4n) is 9.24. The summed E-state index contributed by atoms with van der Waals surface area (Å²) in [4.78, 5) is 11.2. The third-order valence-electron chi connectivity index (χ3n) is 12.4. The number of rotatable bonds is 7. The van der Waals surface area contributed by atoms with Crippen molar-refractivity contribution >= 4 is 49.5 Å². The van der Waals surface area contributed by atoms with E-state index in [2.05, 4.69) is 169 Å². The quantitative estimate of drug-likeness (QED) is 0.152. The highest BCUT2D eigenvalue weighted by molar-refractivity contribution is 6.16. The van der Waals surface area contributed by atoms with Crippen LogP contribution in [0.25, 0.3) is 77.0 Å². The molecule has 1 aliphatic carbocycles. The number of aromatic nitrogens is 2. The molecule has 11 rings (SSSR count). The molecule has 4 heteroatoms. The third-order valence-corrected chi connectivity index (χ3v) is 12.4. The van der Waals surface area contributed by atoms with Gasteiger partial charge in [-0.25, -0.2) is 0 Å². The highest BCUT2D eigenvalue weighted by Crippen LogP contribution is 2.51. The summed E-state index contributed by atoms with van der Waals surface area (Å²) < 4.78 is 0. The van der Waals surface area contributed by atoms with Crippen LogP contribution in [-0.2, 0) is 5.41 Å². The summed E-state index contributed by atoms with van der Waals surface area (Å²) in [5, 5.41) is 15.9. The molecule has 0 fully saturated rings. The highest BCUT2D eigenvalue weighted by atomic mass is 15.1. The van der Waals surface area contributed by atoms with E-state index in [9.17, 15) is 5.26 Å². The number of nitriles is 1. The first kappa shape index (κ1) is 35.3. The van der Waals surface area contributed by atoms with Gasteiger partial charge in [0.25, 0.3) is 0 Å². The Kier molecular flexibility index (Phi) is 8.18. The largest absolute Gasteiger partial charge is 0.311 e. The summed E-state index contributed by atoms with van der Waals surface area (Å²) in [6.07, 6.45) is 5.55. The second-order valence-corrected chi connectivity index (χ2v) is 16.2. The van der Waals surface area contributed by atoms with Crippen molar-refractivity contribution in [2.24, 2.45) is 0 Å². The summed E-state index contributed by atoms with van der Waals surface area (Å²) in [5.41, 5.74) is 16.6. The summed E-state index contributed by atoms with van der Waals surface area (Å²) >= 11 is 0. The lowest BCUT2D eigenvalue weighted by Crippen LogP contribution is -2.15. The maximum atomic E-state index is 9.51. The van der Waals surface area contributed by atoms with Gasteiger partial charge < -0.3 is 4.90 Å². The molecular formula is C56H38N4. The van der Waals surface area contributed by atoms with Gasteiger partial charge in [0.15, 0.2) is 0 Å². The Labute approximate surface area is 349 Å². The van der Waals surface area contributed by atoms with Gasteiger partial charge in [-0.3, -0.25) is 9.97 Å². The van der Waals surface area contributed by atoms with Gasteiger partial charge in [-0.2, -0.15) is 5.26 Å². The lowest BCUT2D eigenvalue weighted by atomic mass is 9.80. The molecule has 0 unspecified atom stereocenters. The van der Waals surface area contributed by atoms with Crippen LogP contribution in [0.5, 0.6) is 0 Å². The molecule has 2 heterocycles. The maximum absolute atomic E-state index is 9.51. The minimum Gasteiger partial charge on any atom is -0.311 e. The maximum Gasteiger partial charge on any atom is 0.0991 e. The van der Waals surface area contributed by atoms with Gasteiger partial charge in [0.1, 0.15) is 0 Å². The van der Waals surface area contributed by atoms with Gasteiger partial charge >= 0.3 is 0 Å². The number of pyridine rings is 2. The Hall–Kier alpha value is -7.87. The first-order chi connectivity index (χ1) is 29.4. The fraction of sp³-hybridized carbons (Fsp3) is 0.0536. The van der Waals surface area contributed by atoms with Crippen molar-refractivity contribution in [2.75, 3.05) is 4.90 Å². The molecule has 1 aliphatic rings. The molecule has 282 valence electrons. The van der Waals surface area contributed by atoms with Crippen LogP contribution in [0.4, 0.5) is 17.1 Å². The van der Waals surface area contributed by atoms with Gasteiger partial charge in [-0.1, -0.05) is 105 Å². The van der Waals surface area contributed by atoms with Gasteiger partial charge in [0.2, 0.25) is 0 Å². The molecule has 0 atom stereocenters. The third kappa shape index (κ3) is 5.82. The summed E-state index contributed by atoms with van der Waals surface area (Å²) in [7, 11) is 0. The molecular weight excluding hydrogens is 729 g/mol. The van der Waals surface area contributed by atoms with E-state index in [1.807, 2.05) is 48.8 Å². The number of fused-ring (bicyclic) bond motifs is 1. The molecule has 0 spiro atoms. The first-order valence-electron chi connectivity index (χ1n) is 20.3. The lowest BCUT2D eigenvalue weighted by molar-refractivity contribution is 0.663. The fourth-order valence-corrected chi connectivity index (χ4v) is 9.24. The van der Waals surface area contributed by atoms with E-state index in [-0.39, 0.29) is 5.41 Å². The van der Waals surface area contributed by atoms with E-state index in [0.717, 1.165) is 50.2 Å². The Morgan fingerprint density at radius 1 is 0.467 bits per heavy atom. The van der Waals surface area contributed by atoms with Gasteiger partial charge in [-0.15, -0.1) is 0 Å². The molecule has 0 saturated carbocycles. The normalized spacial score (nSPS) is 12.6. The van der Waals surface area contributed by atoms with Gasteiger partial charge in [-0.05, 0) is 157 Å². The van der Waals surface area contributed by atoms with Crippen molar-refractivity contribution in [1.82, 2.24) is 9.97 Å². The number of para-hydroxylation sites is 1. The van der Waals surface area contributed by atoms with Crippen molar-refractivity contribution in [3.63, 3.8) is 0 Å². The molecule has 0 N–H and O–H groups in total. The summed E-state index contributed by atoms with van der Waals surface area (Å²) in [6.45, 7) is 4.75. The van der Waals surface area contributed by atoms with Crippen molar-refractivity contribution in [3.05, 3.63) is 211 Å². The van der Waals surface area contributed by atoms with Crippen LogP contribution in [0, 0.1) is 11.3 Å². The van der Waals surface area contributed by atoms with E-state index >= 15 is 0 Å². The van der Waals surface area contributed by atoms with E-state index in [4.69, 9.17) is 4.98 Å². The van der Waals surface area contributed by atoms with Crippen molar-refractivity contribution in [1.29, 1.82) is 5.26 Å². The molecule has 0 amide bonds. The van der Waals surface area contributed by atoms with Crippen LogP contribution in [0.1, 0.15) is 30.5 Å². The van der Waals surface area contributed by atoms with Crippen molar-refractivity contribution < 1.29 is 0 Å². The second kappa shape index (κ2) is 13.9. The molecule has 0 radical (unpaired) electrons. The Morgan fingerprint density at radius 2 is 0.983 bits per heavy atom. The van der Waals surface area contributed by atoms with Crippen LogP contribution >= 0.6 is 0 Å². The predicted octanol–water partition coefficient (Wildman–Crippen LogP) is 14.6. The Balaban J connectivity index is 0.930. The van der Waals surface area contributed by atoms with Crippen LogP contribution in [-0.4, -0.2) is 9.97 Å². The second-order valence-electron chi connectivity index (χ2n) is 16.2. The number of nitrogens with zero attached hydrogens (tertiary/aromatic N) is 4. The molecule has 60 heavy (non-hydrogen) atoms. The number of benzene rings is 8. The van der Waals surface area contributed by atoms with E-state index in [0.29, 0.717) is 5.56 Å². The van der Waals surface area contributed by atoms with Crippen molar-refractivity contribution in [3.8, 4) is 50.6 Å². The zero-order valence-electron chi connectivity index (χ0n) is 33.3. The zero-order chi connectivity index (χ0) is 40.4. The van der Waals surface area contributed by atoms with Crippen molar-refractivity contribution in [2.45, 2.75) is 19.3 Å². The molecule has 0 aliphatic heterocycles. The Bertz CT molecular complexity index is 3300. The minimum absolute atomic E-state index is 0.185. The van der Waals surface area contributed by atoms with Gasteiger partial charge in [0, 0.05) is 52.0 Å². The molecule has 8 aromatic carbocycles. The SMILES string of the molecule is CC1(C)c2cc(-c3ccc(-c4cccc5cccnc45)cc3)cc3ccc4cc(-c5ccc(N(c6ccc(C#N)cc6)c6ccc(-c7cccnc7)cc6)cc5)cc1c4c23. The monoisotopic (exact) mass is 766 g/mol. The number of hydrogen-bond acceptors (Lipinski definition) is 4. The number of hydrogen-bond donors (Lipinski definition) is 0. The van der Waals surface area contributed by atoms with Crippen LogP contribution in [0.2, 0.25) is 0 Å². The van der Waals surface area contributed by atoms with E-state index in [1.165, 1.54) is 54.9 Å². The van der Waals surface area contributed by atoms with Gasteiger partial charge in [0.05, 0.1) is 17.1 Å². The first-order valence-corrected chi connectivity index (χ1v) is 20.3. The zero-order valence-corrected chi connectivity index (χ0v) is 33.3. The van der Waals surface area contributed by atoms with E-state index in [1.54, 1.807) is 6.20 Å². The van der Waals surface area contributed by atoms with Crippen LogP contribution in [0.15, 0.2) is 195 Å². The highest BCUT2D eigenvalue weighted by Gasteiger charge is 2.35. The van der Waals surface area contributed by atoms with Crippen LogP contribution < -0.4 is 4.90 Å². The van der Waals surface area contributed by atoms with E-state index < -0.39 is 0 Å². The average Bonchev–Trinajstić information content (AvgIpc) is 3.54. The predicted molar refractivity (Wildman–Crippen MR) is 248 cm³/mol. The summed E-state index contributed by atoms with van der Waals surface area (Å²) in [6, 6.07) is 65.1. The molecule has 10 aromatic rings.